The van der Waals surface area contributed by atoms with Gasteiger partial charge in [0.2, 0.25) is 0 Å². The molecule has 1 rings (SSSR count). The van der Waals surface area contributed by atoms with E-state index in [9.17, 15) is 0 Å². The topological polar surface area (TPSA) is 58.1 Å². The van der Waals surface area contributed by atoms with Gasteiger partial charge in [-0.1, -0.05) is 12.1 Å². The fourth-order valence-corrected chi connectivity index (χ4v) is 2.48. The zero-order chi connectivity index (χ0) is 20.1. The molecule has 0 amide bonds. The number of hydrogen-bond donors (Lipinski definition) is 2. The highest BCUT2D eigenvalue weighted by Gasteiger charge is 2.08. The zero-order valence-electron chi connectivity index (χ0n) is 17.9. The van der Waals surface area contributed by atoms with Gasteiger partial charge in [0, 0.05) is 19.1 Å². The highest BCUT2D eigenvalue weighted by molar-refractivity contribution is 5.79. The number of unbranched alkanes of at least 4 members (excludes halogenated alkanes) is 1. The molecule has 6 heteroatoms. The van der Waals surface area contributed by atoms with E-state index in [4.69, 9.17) is 9.47 Å². The van der Waals surface area contributed by atoms with E-state index in [-0.39, 0.29) is 6.10 Å². The third-order valence-electron chi connectivity index (χ3n) is 4.36. The van der Waals surface area contributed by atoms with E-state index in [0.717, 1.165) is 43.5 Å². The molecule has 0 radical (unpaired) electrons. The van der Waals surface area contributed by atoms with E-state index >= 15 is 0 Å². The lowest BCUT2D eigenvalue weighted by molar-refractivity contribution is 0.219. The Morgan fingerprint density at radius 1 is 1.11 bits per heavy atom. The van der Waals surface area contributed by atoms with E-state index < -0.39 is 0 Å². The first-order valence-electron chi connectivity index (χ1n) is 10.00. The van der Waals surface area contributed by atoms with Crippen molar-refractivity contribution in [2.45, 2.75) is 52.7 Å². The van der Waals surface area contributed by atoms with Gasteiger partial charge in [-0.2, -0.15) is 0 Å². The number of rotatable bonds is 12. The molecule has 1 unspecified atom stereocenters. The van der Waals surface area contributed by atoms with E-state index in [1.807, 2.05) is 31.2 Å². The van der Waals surface area contributed by atoms with Gasteiger partial charge in [-0.3, -0.25) is 0 Å². The SMILES string of the molecule is CCNC(=NCC(C)Oc1ccccc1OC)NCCCCN(C)C(C)C. The first-order chi connectivity index (χ1) is 13.0. The van der Waals surface area contributed by atoms with Gasteiger partial charge in [-0.05, 0) is 66.3 Å². The summed E-state index contributed by atoms with van der Waals surface area (Å²) < 4.78 is 11.3. The van der Waals surface area contributed by atoms with Crippen LogP contribution in [0, 0.1) is 0 Å². The fraction of sp³-hybridized carbons (Fsp3) is 0.667. The van der Waals surface area contributed by atoms with Crippen LogP contribution in [0.5, 0.6) is 11.5 Å². The van der Waals surface area contributed by atoms with Gasteiger partial charge in [0.15, 0.2) is 17.5 Å². The lowest BCUT2D eigenvalue weighted by Crippen LogP contribution is -2.38. The van der Waals surface area contributed by atoms with Crippen LogP contribution < -0.4 is 20.1 Å². The minimum atomic E-state index is -0.0450. The van der Waals surface area contributed by atoms with Crippen molar-refractivity contribution in [3.63, 3.8) is 0 Å². The van der Waals surface area contributed by atoms with Gasteiger partial charge in [0.25, 0.3) is 0 Å². The van der Waals surface area contributed by atoms with Crippen LogP contribution >= 0.6 is 0 Å². The van der Waals surface area contributed by atoms with Gasteiger partial charge in [-0.15, -0.1) is 0 Å². The standard InChI is InChI=1S/C21H38N4O2/c1-7-22-21(23-14-10-11-15-25(5)17(2)3)24-16-18(4)27-20-13-9-8-12-19(20)26-6/h8-9,12-13,17-18H,7,10-11,14-16H2,1-6H3,(H2,22,23,24). The molecule has 0 aliphatic carbocycles. The number of benzene rings is 1. The van der Waals surface area contributed by atoms with Crippen LogP contribution in [-0.2, 0) is 0 Å². The molecule has 154 valence electrons. The molecule has 0 heterocycles. The second-order valence-electron chi connectivity index (χ2n) is 7.01. The van der Waals surface area contributed by atoms with Crippen LogP contribution in [0.2, 0.25) is 0 Å². The summed E-state index contributed by atoms with van der Waals surface area (Å²) in [5.41, 5.74) is 0. The van der Waals surface area contributed by atoms with Crippen LogP contribution in [0.1, 0.15) is 40.5 Å². The quantitative estimate of drug-likeness (QED) is 0.332. The van der Waals surface area contributed by atoms with Gasteiger partial charge in [-0.25, -0.2) is 4.99 Å². The highest BCUT2D eigenvalue weighted by atomic mass is 16.5. The zero-order valence-corrected chi connectivity index (χ0v) is 17.9. The monoisotopic (exact) mass is 378 g/mol. The number of nitrogens with zero attached hydrogens (tertiary/aromatic N) is 2. The average molecular weight is 379 g/mol. The van der Waals surface area contributed by atoms with Crippen LogP contribution in [0.3, 0.4) is 0 Å². The van der Waals surface area contributed by atoms with Crippen molar-refractivity contribution in [2.75, 3.05) is 40.3 Å². The first-order valence-corrected chi connectivity index (χ1v) is 10.00. The first kappa shape index (κ1) is 23.1. The number of hydrogen-bond acceptors (Lipinski definition) is 4. The molecule has 0 fully saturated rings. The lowest BCUT2D eigenvalue weighted by atomic mass is 10.2. The summed E-state index contributed by atoms with van der Waals surface area (Å²) in [6, 6.07) is 8.28. The Kier molecular flexibility index (Phi) is 11.3. The van der Waals surface area contributed by atoms with E-state index in [2.05, 4.69) is 48.3 Å². The summed E-state index contributed by atoms with van der Waals surface area (Å²) in [5.74, 6) is 2.32. The minimum Gasteiger partial charge on any atom is -0.493 e. The number of ether oxygens (including phenoxy) is 2. The molecule has 6 nitrogen and oxygen atoms in total. The molecule has 0 aromatic heterocycles. The number of aliphatic imine (C=N–C) groups is 1. The van der Waals surface area contributed by atoms with E-state index in [1.165, 1.54) is 6.42 Å². The van der Waals surface area contributed by atoms with Gasteiger partial charge in [0.1, 0.15) is 6.10 Å². The van der Waals surface area contributed by atoms with Crippen LogP contribution in [0.4, 0.5) is 0 Å². The van der Waals surface area contributed by atoms with Crippen molar-refractivity contribution in [1.82, 2.24) is 15.5 Å². The summed E-state index contributed by atoms with van der Waals surface area (Å²) in [6.07, 6.45) is 2.25. The maximum Gasteiger partial charge on any atom is 0.191 e. The lowest BCUT2D eigenvalue weighted by Gasteiger charge is -2.20. The number of nitrogens with one attached hydrogen (secondary N) is 2. The predicted octanol–water partition coefficient (Wildman–Crippen LogP) is 3.14. The maximum absolute atomic E-state index is 5.96. The largest absolute Gasteiger partial charge is 0.493 e. The molecule has 1 atom stereocenters. The molecule has 0 saturated heterocycles. The third-order valence-corrected chi connectivity index (χ3v) is 4.36. The molecule has 1 aromatic carbocycles. The Hall–Kier alpha value is -1.95. The van der Waals surface area contributed by atoms with Crippen molar-refractivity contribution in [2.24, 2.45) is 4.99 Å². The van der Waals surface area contributed by atoms with Crippen LogP contribution in [0.25, 0.3) is 0 Å². The normalized spacial score (nSPS) is 13.0. The Bertz CT molecular complexity index is 549. The van der Waals surface area contributed by atoms with Crippen molar-refractivity contribution in [3.8, 4) is 11.5 Å². The van der Waals surface area contributed by atoms with Crippen molar-refractivity contribution >= 4 is 5.96 Å². The molecule has 0 aliphatic heterocycles. The molecule has 27 heavy (non-hydrogen) atoms. The minimum absolute atomic E-state index is 0.0450. The second kappa shape index (κ2) is 13.3. The predicted molar refractivity (Wildman–Crippen MR) is 114 cm³/mol. The van der Waals surface area contributed by atoms with Crippen LogP contribution in [-0.4, -0.2) is 63.3 Å². The summed E-state index contributed by atoms with van der Waals surface area (Å²) >= 11 is 0. The molecule has 1 aromatic rings. The van der Waals surface area contributed by atoms with Crippen molar-refractivity contribution in [1.29, 1.82) is 0 Å². The van der Waals surface area contributed by atoms with Crippen LogP contribution in [0.15, 0.2) is 29.3 Å². The highest BCUT2D eigenvalue weighted by Crippen LogP contribution is 2.26. The van der Waals surface area contributed by atoms with Gasteiger partial charge in [0.05, 0.1) is 13.7 Å². The van der Waals surface area contributed by atoms with Crippen molar-refractivity contribution in [3.05, 3.63) is 24.3 Å². The van der Waals surface area contributed by atoms with Crippen molar-refractivity contribution < 1.29 is 9.47 Å². The Balaban J connectivity index is 2.41. The number of methoxy groups -OCH3 is 1. The Morgan fingerprint density at radius 3 is 2.44 bits per heavy atom. The summed E-state index contributed by atoms with van der Waals surface area (Å²) in [7, 11) is 3.82. The fourth-order valence-electron chi connectivity index (χ4n) is 2.48. The van der Waals surface area contributed by atoms with Gasteiger partial charge >= 0.3 is 0 Å². The summed E-state index contributed by atoms with van der Waals surface area (Å²) in [4.78, 5) is 7.02. The second-order valence-corrected chi connectivity index (χ2v) is 7.01. The molecule has 0 spiro atoms. The van der Waals surface area contributed by atoms with E-state index in [1.54, 1.807) is 7.11 Å². The number of para-hydroxylation sites is 2. The summed E-state index contributed by atoms with van der Waals surface area (Å²) in [6.45, 7) is 12.0. The number of guanidine groups is 1. The third kappa shape index (κ3) is 9.52. The molecule has 0 saturated carbocycles. The Morgan fingerprint density at radius 2 is 1.81 bits per heavy atom. The summed E-state index contributed by atoms with van der Waals surface area (Å²) in [5, 5.41) is 6.70. The Labute approximate surface area is 165 Å². The molecule has 0 bridgehead atoms. The van der Waals surface area contributed by atoms with E-state index in [0.29, 0.717) is 12.6 Å². The molecule has 0 aliphatic rings. The molecule has 2 N–H and O–H groups in total. The molecular weight excluding hydrogens is 340 g/mol. The molecular formula is C21H38N4O2. The average Bonchev–Trinajstić information content (AvgIpc) is 2.65. The smallest absolute Gasteiger partial charge is 0.191 e. The maximum atomic E-state index is 5.96. The van der Waals surface area contributed by atoms with Gasteiger partial charge < -0.3 is 25.0 Å².